The van der Waals surface area contributed by atoms with Gasteiger partial charge in [-0.3, -0.25) is 4.68 Å². The minimum Gasteiger partial charge on any atom is -0.345 e. The van der Waals surface area contributed by atoms with E-state index in [4.69, 9.17) is 16.7 Å². The number of halogens is 1. The van der Waals surface area contributed by atoms with Gasteiger partial charge in [-0.05, 0) is 37.9 Å². The molecule has 1 spiro atoms. The number of hydrogen-bond acceptors (Lipinski definition) is 3. The number of aryl methyl sites for hydroxylation is 1. The molecule has 5 heterocycles. The van der Waals surface area contributed by atoms with Crippen LogP contribution in [0.4, 0.5) is 0 Å². The van der Waals surface area contributed by atoms with Crippen molar-refractivity contribution in [2.45, 2.75) is 31.2 Å². The lowest BCUT2D eigenvalue weighted by Gasteiger charge is -2.33. The van der Waals surface area contributed by atoms with Crippen molar-refractivity contribution in [1.82, 2.24) is 25.1 Å². The molecular weight excluding hydrogens is 310 g/mol. The van der Waals surface area contributed by atoms with Crippen LogP contribution in [0.25, 0.3) is 22.3 Å². The number of H-pyrrole nitrogens is 1. The molecule has 0 bridgehead atoms. The van der Waals surface area contributed by atoms with E-state index in [1.165, 1.54) is 25.0 Å². The van der Waals surface area contributed by atoms with E-state index in [-0.39, 0.29) is 5.41 Å². The minimum absolute atomic E-state index is 0.271. The van der Waals surface area contributed by atoms with E-state index < -0.39 is 0 Å². The van der Waals surface area contributed by atoms with E-state index in [9.17, 15) is 0 Å². The van der Waals surface area contributed by atoms with Crippen LogP contribution in [0.2, 0.25) is 5.02 Å². The van der Waals surface area contributed by atoms with Gasteiger partial charge in [-0.15, -0.1) is 0 Å². The first kappa shape index (κ1) is 13.6. The van der Waals surface area contributed by atoms with Crippen molar-refractivity contribution in [2.75, 3.05) is 13.1 Å². The Kier molecular flexibility index (Phi) is 2.85. The maximum atomic E-state index is 6.23. The molecule has 1 atom stereocenters. The highest BCUT2D eigenvalue weighted by atomic mass is 35.5. The zero-order valence-corrected chi connectivity index (χ0v) is 13.5. The summed E-state index contributed by atoms with van der Waals surface area (Å²) in [5, 5.41) is 10.0. The Hall–Kier alpha value is -1.85. The number of nitrogens with one attached hydrogen (secondary N) is 2. The first-order chi connectivity index (χ1) is 11.3. The second-order valence-electron chi connectivity index (χ2n) is 6.71. The highest BCUT2D eigenvalue weighted by molar-refractivity contribution is 6.35. The van der Waals surface area contributed by atoms with Crippen LogP contribution in [0.1, 0.15) is 25.0 Å². The van der Waals surface area contributed by atoms with Crippen molar-refractivity contribution in [3.63, 3.8) is 0 Å². The third-order valence-electron chi connectivity index (χ3n) is 5.37. The average molecular weight is 328 g/mol. The summed E-state index contributed by atoms with van der Waals surface area (Å²) in [4.78, 5) is 7.55. The Morgan fingerprint density at radius 1 is 1.26 bits per heavy atom. The first-order valence-corrected chi connectivity index (χ1v) is 8.55. The topological polar surface area (TPSA) is 58.5 Å². The molecule has 5 nitrogen and oxygen atoms in total. The highest BCUT2D eigenvalue weighted by Crippen LogP contribution is 2.40. The Morgan fingerprint density at radius 3 is 3.09 bits per heavy atom. The van der Waals surface area contributed by atoms with E-state index in [0.717, 1.165) is 41.9 Å². The van der Waals surface area contributed by atoms with Gasteiger partial charge in [0.15, 0.2) is 0 Å². The fraction of sp³-hybridized carbons (Fsp3) is 0.412. The van der Waals surface area contributed by atoms with E-state index >= 15 is 0 Å². The van der Waals surface area contributed by atoms with Crippen molar-refractivity contribution in [1.29, 1.82) is 0 Å². The lowest BCUT2D eigenvalue weighted by molar-refractivity contribution is 0.319. The summed E-state index contributed by atoms with van der Waals surface area (Å²) in [6.45, 7) is 3.18. The highest BCUT2D eigenvalue weighted by Gasteiger charge is 2.40. The monoisotopic (exact) mass is 327 g/mol. The largest absolute Gasteiger partial charge is 0.345 e. The maximum Gasteiger partial charge on any atom is 0.138 e. The van der Waals surface area contributed by atoms with Gasteiger partial charge in [0, 0.05) is 47.5 Å². The van der Waals surface area contributed by atoms with Crippen LogP contribution in [-0.4, -0.2) is 32.8 Å². The third-order valence-corrected chi connectivity index (χ3v) is 5.68. The van der Waals surface area contributed by atoms with Gasteiger partial charge in [0.1, 0.15) is 5.65 Å². The standard InChI is InChI=1S/C17H18ClN5/c18-13-9-21-16-12(13)6-11(8-20-16)14-7-15-17(3-4-19-10-17)2-1-5-23(15)22-14/h6-9,19H,1-5,10H2,(H,20,21). The predicted octanol–water partition coefficient (Wildman–Crippen LogP) is 3.10. The molecule has 1 fully saturated rings. The smallest absolute Gasteiger partial charge is 0.138 e. The molecular formula is C17H18ClN5. The molecule has 0 aliphatic carbocycles. The van der Waals surface area contributed by atoms with E-state index in [1.807, 2.05) is 6.20 Å². The zero-order chi connectivity index (χ0) is 15.4. The molecule has 118 valence electrons. The van der Waals surface area contributed by atoms with Gasteiger partial charge in [-0.2, -0.15) is 5.10 Å². The van der Waals surface area contributed by atoms with Crippen LogP contribution >= 0.6 is 11.6 Å². The van der Waals surface area contributed by atoms with Gasteiger partial charge in [-0.25, -0.2) is 4.98 Å². The molecule has 23 heavy (non-hydrogen) atoms. The number of aromatic nitrogens is 4. The van der Waals surface area contributed by atoms with E-state index in [1.54, 1.807) is 6.20 Å². The van der Waals surface area contributed by atoms with Crippen molar-refractivity contribution in [2.24, 2.45) is 0 Å². The second kappa shape index (κ2) is 4.82. The lowest BCUT2D eigenvalue weighted by Crippen LogP contribution is -2.35. The van der Waals surface area contributed by atoms with Gasteiger partial charge in [-0.1, -0.05) is 11.6 Å². The first-order valence-electron chi connectivity index (χ1n) is 8.17. The van der Waals surface area contributed by atoms with Gasteiger partial charge in [0.2, 0.25) is 0 Å². The quantitative estimate of drug-likeness (QED) is 0.722. The SMILES string of the molecule is Clc1c[nH]c2ncc(-c3cc4n(n3)CCCC43CCNC3)cc12. The summed E-state index contributed by atoms with van der Waals surface area (Å²) in [6.07, 6.45) is 7.32. The van der Waals surface area contributed by atoms with Gasteiger partial charge >= 0.3 is 0 Å². The molecule has 2 N–H and O–H groups in total. The van der Waals surface area contributed by atoms with E-state index in [0.29, 0.717) is 5.02 Å². The number of nitrogens with zero attached hydrogens (tertiary/aromatic N) is 3. The van der Waals surface area contributed by atoms with Gasteiger partial charge in [0.05, 0.1) is 10.7 Å². The van der Waals surface area contributed by atoms with Gasteiger partial charge in [0.25, 0.3) is 0 Å². The number of rotatable bonds is 1. The van der Waals surface area contributed by atoms with Crippen LogP contribution in [-0.2, 0) is 12.0 Å². The Labute approximate surface area is 139 Å². The van der Waals surface area contributed by atoms with Crippen molar-refractivity contribution < 1.29 is 0 Å². The Morgan fingerprint density at radius 2 is 2.22 bits per heavy atom. The Bertz CT molecular complexity index is 888. The molecule has 3 aromatic heterocycles. The number of aromatic amines is 1. The minimum atomic E-state index is 0.271. The molecule has 0 saturated carbocycles. The number of fused-ring (bicyclic) bond motifs is 3. The third kappa shape index (κ3) is 1.96. The summed E-state index contributed by atoms with van der Waals surface area (Å²) >= 11 is 6.23. The molecule has 1 saturated heterocycles. The summed E-state index contributed by atoms with van der Waals surface area (Å²) in [6, 6.07) is 4.34. The molecule has 2 aliphatic heterocycles. The Balaban J connectivity index is 1.63. The van der Waals surface area contributed by atoms with Crippen LogP contribution in [0.5, 0.6) is 0 Å². The summed E-state index contributed by atoms with van der Waals surface area (Å²) < 4.78 is 2.20. The number of pyridine rings is 1. The molecule has 5 rings (SSSR count). The molecule has 2 aliphatic rings. The van der Waals surface area contributed by atoms with Gasteiger partial charge < -0.3 is 10.3 Å². The van der Waals surface area contributed by atoms with Crippen molar-refractivity contribution >= 4 is 22.6 Å². The van der Waals surface area contributed by atoms with Crippen LogP contribution in [0.3, 0.4) is 0 Å². The average Bonchev–Trinajstić information content (AvgIpc) is 3.28. The van der Waals surface area contributed by atoms with Crippen LogP contribution < -0.4 is 5.32 Å². The summed E-state index contributed by atoms with van der Waals surface area (Å²) in [5.74, 6) is 0. The zero-order valence-electron chi connectivity index (χ0n) is 12.8. The fourth-order valence-electron chi connectivity index (χ4n) is 4.14. The molecule has 6 heteroatoms. The van der Waals surface area contributed by atoms with Crippen LogP contribution in [0.15, 0.2) is 24.5 Å². The molecule has 3 aromatic rings. The maximum absolute atomic E-state index is 6.23. The fourth-order valence-corrected chi connectivity index (χ4v) is 4.34. The molecule has 0 radical (unpaired) electrons. The predicted molar refractivity (Wildman–Crippen MR) is 90.7 cm³/mol. The van der Waals surface area contributed by atoms with Crippen molar-refractivity contribution in [3.8, 4) is 11.3 Å². The summed E-state index contributed by atoms with van der Waals surface area (Å²) in [5.41, 5.74) is 4.50. The van der Waals surface area contributed by atoms with E-state index in [2.05, 4.69) is 32.1 Å². The summed E-state index contributed by atoms with van der Waals surface area (Å²) in [7, 11) is 0. The number of hydrogen-bond donors (Lipinski definition) is 2. The molecule has 1 unspecified atom stereocenters. The van der Waals surface area contributed by atoms with Crippen molar-refractivity contribution in [3.05, 3.63) is 35.2 Å². The normalized spacial score (nSPS) is 23.7. The van der Waals surface area contributed by atoms with Crippen LogP contribution in [0, 0.1) is 0 Å². The second-order valence-corrected chi connectivity index (χ2v) is 7.11. The molecule has 0 amide bonds. The lowest BCUT2D eigenvalue weighted by atomic mass is 9.77. The molecule has 0 aromatic carbocycles.